The molecular weight excluding hydrogens is 1050 g/mol. The van der Waals surface area contributed by atoms with E-state index >= 15 is 0 Å². The van der Waals surface area contributed by atoms with E-state index in [1.54, 1.807) is 13.8 Å². The predicted octanol–water partition coefficient (Wildman–Crippen LogP) is -7.69. The molecule has 0 amide bonds. The van der Waals surface area contributed by atoms with Gasteiger partial charge in [-0.1, -0.05) is 11.8 Å². The molecule has 6 rings (SSSR count). The van der Waals surface area contributed by atoms with Gasteiger partial charge in [0.25, 0.3) is 10.1 Å². The first-order chi connectivity index (χ1) is 29.1. The Bertz CT molecular complexity index is 3370. The molecule has 0 fully saturated rings. The number of nitrogens with one attached hydrogen (secondary N) is 3. The molecule has 0 bridgehead atoms. The molecule has 35 heteroatoms. The molecule has 4 aromatic carbocycles. The second-order valence-electron chi connectivity index (χ2n) is 12.8. The van der Waals surface area contributed by atoms with E-state index in [1.807, 2.05) is 0 Å². The molecule has 2 aromatic heterocycles. The molecule has 0 saturated heterocycles. The minimum absolute atomic E-state index is 0. The Morgan fingerprint density at radius 2 is 1.21 bits per heavy atom. The van der Waals surface area contributed by atoms with Gasteiger partial charge in [0.2, 0.25) is 28.4 Å². The summed E-state index contributed by atoms with van der Waals surface area (Å²) < 4.78 is 149. The van der Waals surface area contributed by atoms with Gasteiger partial charge in [0.15, 0.2) is 0 Å². The van der Waals surface area contributed by atoms with Crippen LogP contribution in [0.15, 0.2) is 84.4 Å². The maximum Gasteiger partial charge on any atom is 1.00 e. The standard InChI is InChI=1S/C32H27Cl2N11O14S4.4Na/c1-13(2)59-32-41-28(34)40-31(43-32)36-19-11-16(5-7-21(19)61(50,51)52)35-29-38-27(33)39-30(42-29)37-20-12-17(60(47,48)49)9-15-10-23(63(56,57)58)25(26(46)24(15)20)45-44-18-6-4-14(3)8-22(18)62(53,54)55;;;;/h4-13,46H,1-3H3,(H,47,48,49)(H,50,51,52)(H,53,54,55)(H,56,57,58)(H,36,40,41,43)(H2,35,37,38,39,42);;;;/q;4*+1/p-4. The number of nitrogens with zero attached hydrogens (tertiary/aromatic N) is 8. The molecule has 0 aliphatic rings. The quantitative estimate of drug-likeness (QED) is 0.0447. The van der Waals surface area contributed by atoms with E-state index in [4.69, 9.17) is 27.9 Å². The summed E-state index contributed by atoms with van der Waals surface area (Å²) in [5.74, 6) is -2.76. The van der Waals surface area contributed by atoms with Crippen molar-refractivity contribution in [2.75, 3.05) is 16.0 Å². The molecule has 0 atom stereocenters. The zero-order chi connectivity index (χ0) is 46.4. The minimum Gasteiger partial charge on any atom is -0.870 e. The van der Waals surface area contributed by atoms with Crippen molar-refractivity contribution in [3.63, 3.8) is 0 Å². The Hall–Kier alpha value is -2.02. The number of azo groups is 1. The summed E-state index contributed by atoms with van der Waals surface area (Å²) in [6, 6.07) is 7.95. The number of benzene rings is 4. The number of hydrogen-bond donors (Lipinski definition) is 4. The fraction of sp³-hybridized carbons (Fsp3) is 0.125. The third-order valence-electron chi connectivity index (χ3n) is 7.85. The summed E-state index contributed by atoms with van der Waals surface area (Å²) in [5, 5.41) is 26.8. The van der Waals surface area contributed by atoms with Crippen molar-refractivity contribution in [2.45, 2.75) is 46.5 Å². The molecule has 25 nitrogen and oxygen atoms in total. The molecule has 0 aliphatic carbocycles. The molecule has 4 N–H and O–H groups in total. The van der Waals surface area contributed by atoms with Gasteiger partial charge in [-0.15, -0.1) is 10.2 Å². The van der Waals surface area contributed by atoms with Gasteiger partial charge in [0, 0.05) is 11.4 Å². The number of hydrogen-bond acceptors (Lipinski definition) is 24. The Kier molecular flexibility index (Phi) is 21.8. The Balaban J connectivity index is 0.00000385. The first-order valence-corrected chi connectivity index (χ1v) is 23.2. The molecule has 332 valence electrons. The van der Waals surface area contributed by atoms with Gasteiger partial charge >= 0.3 is 124 Å². The second-order valence-corrected chi connectivity index (χ2v) is 19.0. The number of anilines is 6. The van der Waals surface area contributed by atoms with Crippen LogP contribution in [0.3, 0.4) is 0 Å². The van der Waals surface area contributed by atoms with Gasteiger partial charge in [0.1, 0.15) is 40.9 Å². The average molecular weight is 1080 g/mol. The molecular formula is C32H23Cl2N11Na4O14S4. The van der Waals surface area contributed by atoms with Crippen LogP contribution in [0.1, 0.15) is 19.4 Å². The summed E-state index contributed by atoms with van der Waals surface area (Å²) in [6.07, 6.45) is -0.404. The van der Waals surface area contributed by atoms with Gasteiger partial charge in [-0.3, -0.25) is 4.55 Å². The fourth-order valence-corrected chi connectivity index (χ4v) is 8.20. The van der Waals surface area contributed by atoms with Crippen LogP contribution < -0.4 is 144 Å². The zero-order valence-corrected chi connectivity index (χ0v) is 48.3. The van der Waals surface area contributed by atoms with Crippen molar-refractivity contribution >= 4 is 121 Å². The Labute approximate surface area is 479 Å². The van der Waals surface area contributed by atoms with E-state index in [2.05, 4.69) is 56.1 Å². The number of fused-ring (bicyclic) bond motifs is 1. The van der Waals surface area contributed by atoms with Crippen molar-refractivity contribution < 1.29 is 180 Å². The van der Waals surface area contributed by atoms with Crippen molar-refractivity contribution in [1.82, 2.24) is 29.9 Å². The van der Waals surface area contributed by atoms with E-state index < -0.39 is 117 Å². The van der Waals surface area contributed by atoms with Crippen LogP contribution in [-0.2, 0) is 40.5 Å². The molecule has 2 heterocycles. The number of aromatic nitrogens is 6. The summed E-state index contributed by atoms with van der Waals surface area (Å²) in [6.45, 7) is 4.78. The van der Waals surface area contributed by atoms with Crippen molar-refractivity contribution in [1.29, 1.82) is 0 Å². The first-order valence-electron chi connectivity index (χ1n) is 16.8. The third-order valence-corrected chi connectivity index (χ3v) is 11.6. The van der Waals surface area contributed by atoms with Crippen molar-refractivity contribution in [2.24, 2.45) is 10.2 Å². The van der Waals surface area contributed by atoms with Crippen LogP contribution in [0.2, 0.25) is 10.6 Å². The van der Waals surface area contributed by atoms with Crippen molar-refractivity contribution in [3.05, 3.63) is 70.7 Å². The molecule has 0 radical (unpaired) electrons. The maximum absolute atomic E-state index is 14.1. The van der Waals surface area contributed by atoms with E-state index in [-0.39, 0.29) is 147 Å². The van der Waals surface area contributed by atoms with Gasteiger partial charge < -0.3 is 39.5 Å². The van der Waals surface area contributed by atoms with Crippen LogP contribution in [0.5, 0.6) is 11.8 Å². The predicted molar refractivity (Wildman–Crippen MR) is 214 cm³/mol. The van der Waals surface area contributed by atoms with Gasteiger partial charge in [0.05, 0.1) is 32.2 Å². The average Bonchev–Trinajstić information content (AvgIpc) is 3.12. The molecule has 67 heavy (non-hydrogen) atoms. The smallest absolute Gasteiger partial charge is 0.870 e. The second kappa shape index (κ2) is 23.9. The maximum atomic E-state index is 14.1. The Morgan fingerprint density at radius 3 is 1.78 bits per heavy atom. The fourth-order valence-electron chi connectivity index (χ4n) is 5.39. The molecule has 0 unspecified atom stereocenters. The monoisotopic (exact) mass is 1070 g/mol. The van der Waals surface area contributed by atoms with Gasteiger partial charge in [-0.05, 0) is 109 Å². The first kappa shape index (κ1) is 61.1. The van der Waals surface area contributed by atoms with Gasteiger partial charge in [-0.2, -0.15) is 38.3 Å². The van der Waals surface area contributed by atoms with Crippen molar-refractivity contribution in [3.8, 4) is 11.8 Å². The zero-order valence-electron chi connectivity index (χ0n) is 35.5. The minimum atomic E-state index is -5.42. The van der Waals surface area contributed by atoms with E-state index in [0.29, 0.717) is 23.8 Å². The van der Waals surface area contributed by atoms with Crippen LogP contribution in [0, 0.1) is 6.92 Å². The molecule has 0 spiro atoms. The topological polar surface area (TPSA) is 396 Å². The summed E-state index contributed by atoms with van der Waals surface area (Å²) in [5.41, 5.74) is -2.51. The Morgan fingerprint density at radius 1 is 0.642 bits per heavy atom. The molecule has 6 aromatic rings. The SMILES string of the molecule is Cc1ccc(N=Nc2c(S(=O)(=O)O)cc3cc(S(=O)(=O)[O-])cc(Nc4nc(Cl)nc(Nc5ccc(S(=O)(=O)[O-])c(Nc6nc(Cl)nc(OC(C)C)n6)c5)n4)c3c2[O-])c(S(=O)(=O)[O-])c1.[Na+].[Na+].[Na+].[Na+]. The van der Waals surface area contributed by atoms with Gasteiger partial charge in [-0.25, -0.2) is 25.3 Å². The van der Waals surface area contributed by atoms with Crippen LogP contribution in [0.25, 0.3) is 10.8 Å². The number of rotatable bonds is 14. The summed E-state index contributed by atoms with van der Waals surface area (Å²) in [7, 11) is -21.1. The molecule has 0 aliphatic heterocycles. The number of halogens is 2. The van der Waals surface area contributed by atoms with Crippen LogP contribution >= 0.6 is 23.2 Å². The normalized spacial score (nSPS) is 11.8. The van der Waals surface area contributed by atoms with E-state index in [1.165, 1.54) is 13.0 Å². The van der Waals surface area contributed by atoms with Crippen LogP contribution in [0.4, 0.5) is 46.3 Å². The largest absolute Gasteiger partial charge is 1.00 e. The summed E-state index contributed by atoms with van der Waals surface area (Å²) in [4.78, 5) is 19.6. The molecule has 0 saturated carbocycles. The van der Waals surface area contributed by atoms with E-state index in [9.17, 15) is 57.0 Å². The third kappa shape index (κ3) is 15.7. The number of aryl methyl sites for hydroxylation is 1. The van der Waals surface area contributed by atoms with Crippen LogP contribution in [-0.4, -0.2) is 87.9 Å². The number of ether oxygens (including phenoxy) is 1. The summed E-state index contributed by atoms with van der Waals surface area (Å²) >= 11 is 12.1. The van der Waals surface area contributed by atoms with E-state index in [0.717, 1.165) is 30.3 Å².